The zero-order valence-electron chi connectivity index (χ0n) is 12.1. The molecule has 1 aromatic carbocycles. The van der Waals surface area contributed by atoms with E-state index in [9.17, 15) is 9.18 Å². The molecule has 0 radical (unpaired) electrons. The maximum absolute atomic E-state index is 14.1. The van der Waals surface area contributed by atoms with Crippen LogP contribution in [0.5, 0.6) is 0 Å². The molecule has 2 atom stereocenters. The number of nitrogens with zero attached hydrogens (tertiary/aromatic N) is 1. The minimum absolute atomic E-state index is 0.0961. The Morgan fingerprint density at radius 2 is 2.24 bits per heavy atom. The molecule has 21 heavy (non-hydrogen) atoms. The van der Waals surface area contributed by atoms with Gasteiger partial charge in [0.15, 0.2) is 0 Å². The lowest BCUT2D eigenvalue weighted by molar-refractivity contribution is 0.0602. The van der Waals surface area contributed by atoms with Gasteiger partial charge in [-0.2, -0.15) is 0 Å². The second-order valence-corrected chi connectivity index (χ2v) is 5.70. The van der Waals surface area contributed by atoms with E-state index in [-0.39, 0.29) is 17.3 Å². The number of rotatable bonds is 3. The summed E-state index contributed by atoms with van der Waals surface area (Å²) in [5.74, 6) is -0.985. The number of nitrogens with one attached hydrogen (secondary N) is 1. The molecule has 2 aliphatic rings. The van der Waals surface area contributed by atoms with Gasteiger partial charge in [-0.25, -0.2) is 9.18 Å². The molecule has 114 valence electrons. The minimum Gasteiger partial charge on any atom is -0.465 e. The Kier molecular flexibility index (Phi) is 3.71. The van der Waals surface area contributed by atoms with E-state index in [4.69, 9.17) is 5.73 Å². The van der Waals surface area contributed by atoms with Crippen LogP contribution in [-0.4, -0.2) is 43.2 Å². The van der Waals surface area contributed by atoms with Crippen LogP contribution in [0.25, 0.3) is 0 Å². The lowest BCUT2D eigenvalue weighted by atomic mass is 10.1. The van der Waals surface area contributed by atoms with E-state index in [1.165, 1.54) is 25.7 Å². The van der Waals surface area contributed by atoms with Gasteiger partial charge in [0, 0.05) is 24.3 Å². The first kappa shape index (κ1) is 14.1. The van der Waals surface area contributed by atoms with Gasteiger partial charge in [-0.3, -0.25) is 4.90 Å². The van der Waals surface area contributed by atoms with Gasteiger partial charge in [0.1, 0.15) is 5.82 Å². The Morgan fingerprint density at radius 3 is 3.00 bits per heavy atom. The van der Waals surface area contributed by atoms with Crippen LogP contribution in [0.3, 0.4) is 0 Å². The van der Waals surface area contributed by atoms with Gasteiger partial charge < -0.3 is 15.8 Å². The first-order valence-corrected chi connectivity index (χ1v) is 7.28. The lowest BCUT2D eigenvalue weighted by Gasteiger charge is -2.23. The van der Waals surface area contributed by atoms with E-state index in [1.807, 2.05) is 0 Å². The molecule has 3 rings (SSSR count). The van der Waals surface area contributed by atoms with Gasteiger partial charge in [-0.15, -0.1) is 0 Å². The summed E-state index contributed by atoms with van der Waals surface area (Å²) in [5.41, 5.74) is 6.30. The summed E-state index contributed by atoms with van der Waals surface area (Å²) < 4.78 is 18.8. The number of methoxy groups -OCH3 is 1. The second kappa shape index (κ2) is 5.52. The van der Waals surface area contributed by atoms with Crippen LogP contribution in [0, 0.1) is 5.82 Å². The van der Waals surface area contributed by atoms with Gasteiger partial charge in [0.2, 0.25) is 0 Å². The number of esters is 1. The molecule has 0 saturated carbocycles. The van der Waals surface area contributed by atoms with Crippen molar-refractivity contribution in [1.82, 2.24) is 4.90 Å². The molecule has 2 heterocycles. The highest BCUT2D eigenvalue weighted by atomic mass is 19.1. The molecule has 2 unspecified atom stereocenters. The summed E-state index contributed by atoms with van der Waals surface area (Å²) >= 11 is 0. The summed E-state index contributed by atoms with van der Waals surface area (Å²) in [6.07, 6.45) is 3.32. The van der Waals surface area contributed by atoms with E-state index in [1.54, 1.807) is 0 Å². The number of fused-ring (bicyclic) bond motifs is 1. The van der Waals surface area contributed by atoms with Crippen molar-refractivity contribution in [2.24, 2.45) is 0 Å². The Labute approximate surface area is 123 Å². The molecule has 5 nitrogen and oxygen atoms in total. The Balaban J connectivity index is 1.83. The van der Waals surface area contributed by atoms with Crippen LogP contribution < -0.4 is 11.1 Å². The summed E-state index contributed by atoms with van der Waals surface area (Å²) in [5, 5.41) is 3.25. The van der Waals surface area contributed by atoms with Gasteiger partial charge >= 0.3 is 5.97 Å². The highest BCUT2D eigenvalue weighted by Crippen LogP contribution is 2.31. The van der Waals surface area contributed by atoms with E-state index in [0.717, 1.165) is 25.9 Å². The number of nitrogens with two attached hydrogens (primary N) is 1. The van der Waals surface area contributed by atoms with Crippen LogP contribution in [0.2, 0.25) is 0 Å². The third-order valence-corrected chi connectivity index (χ3v) is 4.49. The molecule has 2 saturated heterocycles. The number of hydrogen-bond donors (Lipinski definition) is 2. The molecule has 0 bridgehead atoms. The SMILES string of the molecule is COC(=O)c1cc(NC2CCN3CCCC23)c(F)cc1N. The monoisotopic (exact) mass is 293 g/mol. The van der Waals surface area contributed by atoms with E-state index >= 15 is 0 Å². The molecule has 6 heteroatoms. The van der Waals surface area contributed by atoms with Crippen LogP contribution in [0.1, 0.15) is 29.6 Å². The lowest BCUT2D eigenvalue weighted by Crippen LogP contribution is -2.34. The number of halogens is 1. The fraction of sp³-hybridized carbons (Fsp3) is 0.533. The summed E-state index contributed by atoms with van der Waals surface area (Å²) in [7, 11) is 1.28. The average molecular weight is 293 g/mol. The first-order chi connectivity index (χ1) is 10.1. The fourth-order valence-electron chi connectivity index (χ4n) is 3.44. The first-order valence-electron chi connectivity index (χ1n) is 7.28. The highest BCUT2D eigenvalue weighted by Gasteiger charge is 2.37. The zero-order chi connectivity index (χ0) is 15.0. The third-order valence-electron chi connectivity index (χ3n) is 4.49. The maximum Gasteiger partial charge on any atom is 0.340 e. The minimum atomic E-state index is -0.551. The normalized spacial score (nSPS) is 24.9. The molecular weight excluding hydrogens is 273 g/mol. The predicted octanol–water partition coefficient (Wildman–Crippen LogP) is 1.84. The molecule has 0 aromatic heterocycles. The van der Waals surface area contributed by atoms with Gasteiger partial charge in [0.05, 0.1) is 18.4 Å². The van der Waals surface area contributed by atoms with Crippen molar-refractivity contribution in [2.45, 2.75) is 31.3 Å². The molecule has 2 fully saturated rings. The third kappa shape index (κ3) is 2.55. The van der Waals surface area contributed by atoms with Gasteiger partial charge in [-0.1, -0.05) is 0 Å². The van der Waals surface area contributed by atoms with Crippen LogP contribution in [-0.2, 0) is 4.74 Å². The van der Waals surface area contributed by atoms with Crippen LogP contribution in [0.4, 0.5) is 15.8 Å². The molecule has 0 spiro atoms. The smallest absolute Gasteiger partial charge is 0.340 e. The molecule has 0 amide bonds. The van der Waals surface area contributed by atoms with E-state index in [2.05, 4.69) is 15.0 Å². The van der Waals surface area contributed by atoms with Crippen LogP contribution >= 0.6 is 0 Å². The number of benzene rings is 1. The van der Waals surface area contributed by atoms with Gasteiger partial charge in [-0.05, 0) is 37.9 Å². The summed E-state index contributed by atoms with van der Waals surface area (Å²) in [6.45, 7) is 2.17. The van der Waals surface area contributed by atoms with E-state index < -0.39 is 11.8 Å². The Bertz CT molecular complexity index is 564. The maximum atomic E-state index is 14.1. The zero-order valence-corrected chi connectivity index (χ0v) is 12.1. The van der Waals surface area contributed by atoms with Crippen molar-refractivity contribution in [2.75, 3.05) is 31.2 Å². The number of anilines is 2. The highest BCUT2D eigenvalue weighted by molar-refractivity contribution is 5.96. The number of ether oxygens (including phenoxy) is 1. The number of hydrogen-bond acceptors (Lipinski definition) is 5. The molecule has 1 aromatic rings. The summed E-state index contributed by atoms with van der Waals surface area (Å²) in [4.78, 5) is 14.1. The van der Waals surface area contributed by atoms with Crippen molar-refractivity contribution >= 4 is 17.3 Å². The molecule has 3 N–H and O–H groups in total. The van der Waals surface area contributed by atoms with E-state index in [0.29, 0.717) is 11.7 Å². The quantitative estimate of drug-likeness (QED) is 0.657. The Hall–Kier alpha value is -1.82. The van der Waals surface area contributed by atoms with Crippen molar-refractivity contribution in [3.05, 3.63) is 23.5 Å². The summed E-state index contributed by atoms with van der Waals surface area (Å²) in [6, 6.07) is 3.31. The molecular formula is C15H20FN3O2. The fourth-order valence-corrected chi connectivity index (χ4v) is 3.44. The Morgan fingerprint density at radius 1 is 1.43 bits per heavy atom. The molecule has 2 aliphatic heterocycles. The average Bonchev–Trinajstić information content (AvgIpc) is 3.05. The number of carbonyl (C=O) groups is 1. The topological polar surface area (TPSA) is 67.6 Å². The standard InChI is InChI=1S/C15H20FN3O2/c1-21-15(20)9-7-13(10(16)8-11(9)17)18-12-4-6-19-5-2-3-14(12)19/h7-8,12,14,18H,2-6,17H2,1H3. The second-order valence-electron chi connectivity index (χ2n) is 5.70. The largest absolute Gasteiger partial charge is 0.465 e. The van der Waals surface area contributed by atoms with Crippen molar-refractivity contribution < 1.29 is 13.9 Å². The van der Waals surface area contributed by atoms with Crippen molar-refractivity contribution in [3.63, 3.8) is 0 Å². The predicted molar refractivity (Wildman–Crippen MR) is 78.8 cm³/mol. The van der Waals surface area contributed by atoms with Crippen molar-refractivity contribution in [1.29, 1.82) is 0 Å². The number of nitrogen functional groups attached to an aromatic ring is 1. The van der Waals surface area contributed by atoms with Gasteiger partial charge in [0.25, 0.3) is 0 Å². The molecule has 0 aliphatic carbocycles. The van der Waals surface area contributed by atoms with Crippen molar-refractivity contribution in [3.8, 4) is 0 Å². The van der Waals surface area contributed by atoms with Crippen LogP contribution in [0.15, 0.2) is 12.1 Å². The number of carbonyl (C=O) groups excluding carboxylic acids is 1.